The van der Waals surface area contributed by atoms with Crippen LogP contribution in [0.2, 0.25) is 0 Å². The van der Waals surface area contributed by atoms with Gasteiger partial charge in [0.15, 0.2) is 0 Å². The fraction of sp³-hybridized carbons (Fsp3) is 0.909. The van der Waals surface area contributed by atoms with Crippen molar-refractivity contribution in [2.75, 3.05) is 0 Å². The summed E-state index contributed by atoms with van der Waals surface area (Å²) in [7, 11) is 0. The Bertz CT molecular complexity index is 217. The van der Waals surface area contributed by atoms with Gasteiger partial charge in [0, 0.05) is 6.04 Å². The molecule has 3 heteroatoms. The van der Waals surface area contributed by atoms with Crippen LogP contribution in [0.3, 0.4) is 0 Å². The van der Waals surface area contributed by atoms with Crippen LogP contribution in [-0.4, -0.2) is 16.8 Å². The summed E-state index contributed by atoms with van der Waals surface area (Å²) in [6, 6.07) is 0.399. The summed E-state index contributed by atoms with van der Waals surface area (Å²) >= 11 is 3.41. The largest absolute Gasteiger partial charge is 0.352 e. The van der Waals surface area contributed by atoms with Crippen molar-refractivity contribution < 1.29 is 4.79 Å². The first-order valence-corrected chi connectivity index (χ1v) is 6.18. The van der Waals surface area contributed by atoms with Crippen LogP contribution in [0.5, 0.6) is 0 Å². The second-order valence-corrected chi connectivity index (χ2v) is 6.41. The summed E-state index contributed by atoms with van der Waals surface area (Å²) in [6.45, 7) is 8.57. The minimum atomic E-state index is -0.0498. The zero-order valence-electron chi connectivity index (χ0n) is 9.43. The predicted molar refractivity (Wildman–Crippen MR) is 62.5 cm³/mol. The molecule has 82 valence electrons. The maximum atomic E-state index is 11.6. The quantitative estimate of drug-likeness (QED) is 0.778. The molecule has 0 saturated heterocycles. The first-order valence-electron chi connectivity index (χ1n) is 5.26. The first-order chi connectivity index (χ1) is 6.32. The lowest BCUT2D eigenvalue weighted by molar-refractivity contribution is -0.123. The molecule has 1 fully saturated rings. The molecule has 1 rings (SSSR count). The van der Waals surface area contributed by atoms with Crippen molar-refractivity contribution >= 4 is 21.8 Å². The average Bonchev–Trinajstić information content (AvgIpc) is 1.99. The lowest BCUT2D eigenvalue weighted by Crippen LogP contribution is -2.50. The number of rotatable bonds is 3. The third-order valence-electron chi connectivity index (χ3n) is 2.78. The van der Waals surface area contributed by atoms with Crippen molar-refractivity contribution in [3.63, 3.8) is 0 Å². The topological polar surface area (TPSA) is 29.1 Å². The van der Waals surface area contributed by atoms with Gasteiger partial charge in [-0.1, -0.05) is 43.6 Å². The van der Waals surface area contributed by atoms with E-state index in [9.17, 15) is 4.79 Å². The molecule has 2 nitrogen and oxygen atoms in total. The van der Waals surface area contributed by atoms with Crippen molar-refractivity contribution in [2.45, 2.75) is 51.4 Å². The molecule has 1 unspecified atom stereocenters. The fourth-order valence-electron chi connectivity index (χ4n) is 1.96. The van der Waals surface area contributed by atoms with E-state index in [4.69, 9.17) is 0 Å². The fourth-order valence-corrected chi connectivity index (χ4v) is 2.09. The third-order valence-corrected chi connectivity index (χ3v) is 4.25. The molecule has 0 aromatic heterocycles. The smallest absolute Gasteiger partial charge is 0.234 e. The molecule has 1 amide bonds. The van der Waals surface area contributed by atoms with Crippen LogP contribution in [0.25, 0.3) is 0 Å². The molecule has 0 aromatic carbocycles. The van der Waals surface area contributed by atoms with Gasteiger partial charge in [0.1, 0.15) is 0 Å². The summed E-state index contributed by atoms with van der Waals surface area (Å²) in [4.78, 5) is 11.6. The SMILES string of the molecule is CC(C)C(Br)C(=O)NC1CC(C)(C)C1. The number of alkyl halides is 1. The number of carbonyl (C=O) groups excluding carboxylic acids is 1. The van der Waals surface area contributed by atoms with E-state index in [0.29, 0.717) is 17.4 Å². The normalized spacial score (nSPS) is 23.0. The summed E-state index contributed by atoms with van der Waals surface area (Å²) in [5.74, 6) is 0.489. The van der Waals surface area contributed by atoms with Gasteiger partial charge >= 0.3 is 0 Å². The van der Waals surface area contributed by atoms with Gasteiger partial charge in [-0.3, -0.25) is 4.79 Å². The van der Waals surface area contributed by atoms with Gasteiger partial charge in [0.2, 0.25) is 5.91 Å². The maximum absolute atomic E-state index is 11.6. The monoisotopic (exact) mass is 261 g/mol. The van der Waals surface area contributed by atoms with Gasteiger partial charge in [-0.25, -0.2) is 0 Å². The van der Waals surface area contributed by atoms with E-state index in [0.717, 1.165) is 12.8 Å². The molecule has 0 aliphatic heterocycles. The molecule has 1 aliphatic rings. The maximum Gasteiger partial charge on any atom is 0.234 e. The zero-order valence-corrected chi connectivity index (χ0v) is 11.0. The van der Waals surface area contributed by atoms with Crippen molar-refractivity contribution in [2.24, 2.45) is 11.3 Å². The summed E-state index contributed by atoms with van der Waals surface area (Å²) in [5, 5.41) is 3.07. The highest BCUT2D eigenvalue weighted by atomic mass is 79.9. The average molecular weight is 262 g/mol. The summed E-state index contributed by atoms with van der Waals surface area (Å²) in [5.41, 5.74) is 0.428. The minimum Gasteiger partial charge on any atom is -0.352 e. The molecule has 1 atom stereocenters. The highest BCUT2D eigenvalue weighted by molar-refractivity contribution is 9.10. The van der Waals surface area contributed by atoms with Crippen molar-refractivity contribution in [1.82, 2.24) is 5.32 Å². The highest BCUT2D eigenvalue weighted by Gasteiger charge is 2.37. The Morgan fingerprint density at radius 3 is 2.29 bits per heavy atom. The Morgan fingerprint density at radius 2 is 1.93 bits per heavy atom. The predicted octanol–water partition coefficient (Wildman–Crippen LogP) is 2.71. The molecule has 14 heavy (non-hydrogen) atoms. The number of carbonyl (C=O) groups is 1. The standard InChI is InChI=1S/C11H20BrNO/c1-7(2)9(12)10(14)13-8-5-11(3,4)6-8/h7-9H,5-6H2,1-4H3,(H,13,14). The number of hydrogen-bond donors (Lipinski definition) is 1. The van der Waals surface area contributed by atoms with Gasteiger partial charge in [0.25, 0.3) is 0 Å². The number of hydrogen-bond acceptors (Lipinski definition) is 1. The Kier molecular flexibility index (Phi) is 3.62. The molecule has 0 heterocycles. The van der Waals surface area contributed by atoms with Crippen molar-refractivity contribution in [1.29, 1.82) is 0 Å². The lowest BCUT2D eigenvalue weighted by atomic mass is 9.68. The van der Waals surface area contributed by atoms with Crippen molar-refractivity contribution in [3.05, 3.63) is 0 Å². The van der Waals surface area contributed by atoms with Gasteiger partial charge in [-0.05, 0) is 24.2 Å². The molecule has 0 radical (unpaired) electrons. The van der Waals surface area contributed by atoms with Gasteiger partial charge < -0.3 is 5.32 Å². The van der Waals surface area contributed by atoms with Crippen LogP contribution in [0, 0.1) is 11.3 Å². The zero-order chi connectivity index (χ0) is 10.9. The summed E-state index contributed by atoms with van der Waals surface area (Å²) < 4.78 is 0. The highest BCUT2D eigenvalue weighted by Crippen LogP contribution is 2.39. The second kappa shape index (κ2) is 4.21. The molecule has 1 aliphatic carbocycles. The van der Waals surface area contributed by atoms with E-state index in [2.05, 4.69) is 35.1 Å². The van der Waals surface area contributed by atoms with Crippen LogP contribution >= 0.6 is 15.9 Å². The van der Waals surface area contributed by atoms with Crippen molar-refractivity contribution in [3.8, 4) is 0 Å². The number of amides is 1. The van der Waals surface area contributed by atoms with E-state index in [1.165, 1.54) is 0 Å². The second-order valence-electron chi connectivity index (χ2n) is 5.42. The molecule has 0 spiro atoms. The van der Waals surface area contributed by atoms with Crippen LogP contribution in [0.4, 0.5) is 0 Å². The minimum absolute atomic E-state index is 0.0498. The Labute approximate surface area is 95.0 Å². The molecular formula is C11H20BrNO. The lowest BCUT2D eigenvalue weighted by Gasteiger charge is -2.43. The van der Waals surface area contributed by atoms with Gasteiger partial charge in [-0.15, -0.1) is 0 Å². The van der Waals surface area contributed by atoms with E-state index < -0.39 is 0 Å². The molecule has 0 aromatic rings. The van der Waals surface area contributed by atoms with Crippen LogP contribution in [0.1, 0.15) is 40.5 Å². The molecule has 1 N–H and O–H groups in total. The molecule has 1 saturated carbocycles. The first kappa shape index (κ1) is 12.0. The number of nitrogens with one attached hydrogen (secondary N) is 1. The Balaban J connectivity index is 2.29. The van der Waals surface area contributed by atoms with Crippen LogP contribution < -0.4 is 5.32 Å². The van der Waals surface area contributed by atoms with E-state index in [1.807, 2.05) is 13.8 Å². The Morgan fingerprint density at radius 1 is 1.43 bits per heavy atom. The van der Waals surface area contributed by atoms with Crippen LogP contribution in [-0.2, 0) is 4.79 Å². The molecular weight excluding hydrogens is 242 g/mol. The van der Waals surface area contributed by atoms with E-state index in [-0.39, 0.29) is 10.7 Å². The van der Waals surface area contributed by atoms with E-state index >= 15 is 0 Å². The van der Waals surface area contributed by atoms with Crippen LogP contribution in [0.15, 0.2) is 0 Å². The molecule has 0 bridgehead atoms. The number of halogens is 1. The Hall–Kier alpha value is -0.0500. The summed E-state index contributed by atoms with van der Waals surface area (Å²) in [6.07, 6.45) is 2.22. The third kappa shape index (κ3) is 2.97. The van der Waals surface area contributed by atoms with Gasteiger partial charge in [0.05, 0.1) is 4.83 Å². The van der Waals surface area contributed by atoms with Gasteiger partial charge in [-0.2, -0.15) is 0 Å². The van der Waals surface area contributed by atoms with E-state index in [1.54, 1.807) is 0 Å².